The fourth-order valence-corrected chi connectivity index (χ4v) is 4.62. The maximum Gasteiger partial charge on any atom is 0.328 e. The summed E-state index contributed by atoms with van der Waals surface area (Å²) in [6.45, 7) is 5.10. The van der Waals surface area contributed by atoms with Crippen LogP contribution in [0.2, 0.25) is 0 Å². The first-order valence-corrected chi connectivity index (χ1v) is 10.9. The van der Waals surface area contributed by atoms with E-state index < -0.39 is 17.6 Å². The van der Waals surface area contributed by atoms with E-state index in [1.807, 2.05) is 44.2 Å². The lowest BCUT2D eigenvalue weighted by Gasteiger charge is -2.39. The van der Waals surface area contributed by atoms with Crippen LogP contribution in [0.1, 0.15) is 45.1 Å². The van der Waals surface area contributed by atoms with Crippen LogP contribution in [0.3, 0.4) is 0 Å². The zero-order valence-electron chi connectivity index (χ0n) is 18.1. The summed E-state index contributed by atoms with van der Waals surface area (Å²) in [4.78, 5) is 41.1. The maximum absolute atomic E-state index is 13.7. The second-order valence-corrected chi connectivity index (χ2v) is 8.65. The topological polar surface area (TPSA) is 87.7 Å². The lowest BCUT2D eigenvalue weighted by molar-refractivity contribution is -0.151. The molecule has 2 saturated heterocycles. The molecular weight excluding hydrogens is 382 g/mol. The number of carbonyl (C=O) groups is 3. The molecule has 0 saturated carbocycles. The van der Waals surface area contributed by atoms with Crippen LogP contribution in [0.15, 0.2) is 30.3 Å². The zero-order valence-corrected chi connectivity index (χ0v) is 18.1. The van der Waals surface area contributed by atoms with Gasteiger partial charge in [-0.2, -0.15) is 0 Å². The molecule has 0 unspecified atom stereocenters. The average molecular weight is 416 g/mol. The van der Waals surface area contributed by atoms with E-state index in [0.717, 1.165) is 31.4 Å². The third-order valence-corrected chi connectivity index (χ3v) is 6.28. The van der Waals surface area contributed by atoms with Crippen molar-refractivity contribution in [3.63, 3.8) is 0 Å². The van der Waals surface area contributed by atoms with Crippen molar-refractivity contribution in [2.24, 2.45) is 5.92 Å². The quantitative estimate of drug-likeness (QED) is 0.662. The Morgan fingerprint density at radius 1 is 1.23 bits per heavy atom. The number of esters is 1. The highest BCUT2D eigenvalue weighted by Gasteiger charge is 2.51. The average Bonchev–Trinajstić information content (AvgIpc) is 3.42. The van der Waals surface area contributed by atoms with Crippen LogP contribution in [0.4, 0.5) is 0 Å². The van der Waals surface area contributed by atoms with Crippen molar-refractivity contribution in [2.45, 2.75) is 63.6 Å². The van der Waals surface area contributed by atoms with E-state index in [1.165, 1.54) is 7.11 Å². The van der Waals surface area contributed by atoms with E-state index >= 15 is 0 Å². The second-order valence-electron chi connectivity index (χ2n) is 8.65. The van der Waals surface area contributed by atoms with Gasteiger partial charge < -0.3 is 20.3 Å². The van der Waals surface area contributed by atoms with Crippen LogP contribution in [-0.4, -0.2) is 60.5 Å². The number of carbonyl (C=O) groups excluding carboxylic acids is 3. The van der Waals surface area contributed by atoms with Gasteiger partial charge in [-0.1, -0.05) is 44.2 Å². The highest BCUT2D eigenvalue weighted by molar-refractivity contribution is 5.96. The molecule has 2 amide bonds. The van der Waals surface area contributed by atoms with Crippen LogP contribution in [0, 0.1) is 5.92 Å². The van der Waals surface area contributed by atoms with Gasteiger partial charge in [0.1, 0.15) is 11.6 Å². The number of ether oxygens (including phenoxy) is 1. The lowest BCUT2D eigenvalue weighted by Crippen LogP contribution is -2.63. The number of hydrogen-bond donors (Lipinski definition) is 2. The molecule has 0 aromatic heterocycles. The normalized spacial score (nSPS) is 24.7. The number of likely N-dealkylation sites (tertiary alicyclic amines) is 1. The maximum atomic E-state index is 13.7. The van der Waals surface area contributed by atoms with Gasteiger partial charge in [0.25, 0.3) is 0 Å². The summed E-state index contributed by atoms with van der Waals surface area (Å²) in [7, 11) is 1.32. The number of benzene rings is 1. The van der Waals surface area contributed by atoms with Gasteiger partial charge in [-0.25, -0.2) is 4.79 Å². The first-order chi connectivity index (χ1) is 14.4. The molecule has 1 aromatic rings. The number of hydrogen-bond acceptors (Lipinski definition) is 5. The van der Waals surface area contributed by atoms with E-state index in [-0.39, 0.29) is 23.8 Å². The Labute approximate surface area is 178 Å². The van der Waals surface area contributed by atoms with Gasteiger partial charge in [0.15, 0.2) is 0 Å². The molecule has 2 heterocycles. The smallest absolute Gasteiger partial charge is 0.328 e. The van der Waals surface area contributed by atoms with E-state index in [4.69, 9.17) is 4.74 Å². The zero-order chi connectivity index (χ0) is 21.7. The molecule has 2 aliphatic rings. The van der Waals surface area contributed by atoms with E-state index in [1.54, 1.807) is 4.90 Å². The van der Waals surface area contributed by atoms with Gasteiger partial charge >= 0.3 is 5.97 Å². The molecule has 0 radical (unpaired) electrons. The van der Waals surface area contributed by atoms with Crippen LogP contribution in [0.5, 0.6) is 0 Å². The van der Waals surface area contributed by atoms with Crippen molar-refractivity contribution in [2.75, 3.05) is 20.2 Å². The molecule has 0 bridgehead atoms. The molecule has 7 nitrogen and oxygen atoms in total. The highest BCUT2D eigenvalue weighted by atomic mass is 16.5. The molecule has 164 valence electrons. The third-order valence-electron chi connectivity index (χ3n) is 6.28. The summed E-state index contributed by atoms with van der Waals surface area (Å²) >= 11 is 0. The first kappa shape index (κ1) is 22.3. The molecular formula is C23H33N3O4. The van der Waals surface area contributed by atoms with Gasteiger partial charge in [-0.15, -0.1) is 0 Å². The van der Waals surface area contributed by atoms with Crippen molar-refractivity contribution in [3.8, 4) is 0 Å². The Balaban J connectivity index is 1.93. The predicted molar refractivity (Wildman–Crippen MR) is 114 cm³/mol. The highest BCUT2D eigenvalue weighted by Crippen LogP contribution is 2.35. The van der Waals surface area contributed by atoms with Gasteiger partial charge in [-0.3, -0.25) is 9.59 Å². The fourth-order valence-electron chi connectivity index (χ4n) is 4.62. The molecule has 1 aromatic carbocycles. The molecule has 30 heavy (non-hydrogen) atoms. The number of nitrogens with one attached hydrogen (secondary N) is 2. The summed E-state index contributed by atoms with van der Waals surface area (Å²) in [5.74, 6) is -0.895. The molecule has 2 aliphatic heterocycles. The summed E-state index contributed by atoms with van der Waals surface area (Å²) in [6.07, 6.45) is 3.49. The monoisotopic (exact) mass is 415 g/mol. The number of methoxy groups -OCH3 is 1. The second kappa shape index (κ2) is 9.60. The van der Waals surface area contributed by atoms with Crippen LogP contribution in [-0.2, 0) is 25.5 Å². The predicted octanol–water partition coefficient (Wildman–Crippen LogP) is 1.66. The molecule has 2 fully saturated rings. The van der Waals surface area contributed by atoms with Gasteiger partial charge in [0.2, 0.25) is 11.8 Å². The standard InChI is InChI=1S/C23H33N3O4/c1-16(2)19(21(28)30-3)25-22(29)23(15-17-9-5-4-6-10-17)12-8-14-26(23)20(27)18-11-7-13-24-18/h4-6,9-10,16,18-19,24H,7-8,11-15H2,1-3H3,(H,25,29)/t18-,19-,23+/m0/s1. The minimum atomic E-state index is -1.01. The van der Waals surface area contributed by atoms with Crippen LogP contribution < -0.4 is 10.6 Å². The molecule has 2 N–H and O–H groups in total. The first-order valence-electron chi connectivity index (χ1n) is 10.9. The molecule has 3 rings (SSSR count). The number of nitrogens with zero attached hydrogens (tertiary/aromatic N) is 1. The lowest BCUT2D eigenvalue weighted by atomic mass is 9.85. The van der Waals surface area contributed by atoms with Crippen LogP contribution >= 0.6 is 0 Å². The third kappa shape index (κ3) is 4.51. The molecule has 0 spiro atoms. The van der Waals surface area contributed by atoms with Gasteiger partial charge in [0.05, 0.1) is 13.2 Å². The summed E-state index contributed by atoms with van der Waals surface area (Å²) in [5.41, 5.74) is -0.0185. The largest absolute Gasteiger partial charge is 0.467 e. The van der Waals surface area contributed by atoms with Crippen molar-refractivity contribution in [1.82, 2.24) is 15.5 Å². The van der Waals surface area contributed by atoms with E-state index in [9.17, 15) is 14.4 Å². The Hall–Kier alpha value is -2.41. The van der Waals surface area contributed by atoms with Crippen molar-refractivity contribution < 1.29 is 19.1 Å². The molecule has 7 heteroatoms. The van der Waals surface area contributed by atoms with E-state index in [2.05, 4.69) is 10.6 Å². The molecule has 3 atom stereocenters. The fraction of sp³-hybridized carbons (Fsp3) is 0.609. The minimum absolute atomic E-state index is 0.0183. The van der Waals surface area contributed by atoms with Gasteiger partial charge in [0, 0.05) is 13.0 Å². The summed E-state index contributed by atoms with van der Waals surface area (Å²) in [5, 5.41) is 6.18. The van der Waals surface area contributed by atoms with Crippen molar-refractivity contribution in [3.05, 3.63) is 35.9 Å². The van der Waals surface area contributed by atoms with Crippen molar-refractivity contribution >= 4 is 17.8 Å². The Bertz CT molecular complexity index is 761. The van der Waals surface area contributed by atoms with E-state index in [0.29, 0.717) is 19.4 Å². The Morgan fingerprint density at radius 3 is 2.57 bits per heavy atom. The Kier molecular flexibility index (Phi) is 7.13. The SMILES string of the molecule is COC(=O)[C@@H](NC(=O)[C@]1(Cc2ccccc2)CCCN1C(=O)[C@@H]1CCCN1)C(C)C. The Morgan fingerprint density at radius 2 is 1.97 bits per heavy atom. The minimum Gasteiger partial charge on any atom is -0.467 e. The summed E-state index contributed by atoms with van der Waals surface area (Å²) < 4.78 is 4.90. The van der Waals surface area contributed by atoms with Crippen LogP contribution in [0.25, 0.3) is 0 Å². The van der Waals surface area contributed by atoms with Crippen molar-refractivity contribution in [1.29, 1.82) is 0 Å². The molecule has 0 aliphatic carbocycles. The van der Waals surface area contributed by atoms with Gasteiger partial charge in [-0.05, 0) is 43.7 Å². The number of rotatable bonds is 7. The number of amides is 2. The summed E-state index contributed by atoms with van der Waals surface area (Å²) in [6, 6.07) is 8.76.